The second-order valence-corrected chi connectivity index (χ2v) is 4.36. The Balaban J connectivity index is 2.53. The van der Waals surface area contributed by atoms with E-state index in [1.807, 2.05) is 13.8 Å². The molecule has 17 heavy (non-hydrogen) atoms. The molecule has 0 fully saturated rings. The smallest absolute Gasteiger partial charge is 0.170 e. The molecule has 0 amide bonds. The molecule has 0 saturated carbocycles. The third-order valence-corrected chi connectivity index (χ3v) is 3.40. The van der Waals surface area contributed by atoms with Gasteiger partial charge in [-0.1, -0.05) is 13.8 Å². The van der Waals surface area contributed by atoms with Crippen LogP contribution in [0.25, 0.3) is 0 Å². The Kier molecular flexibility index (Phi) is 2.89. The van der Waals surface area contributed by atoms with E-state index in [9.17, 15) is 13.6 Å². The van der Waals surface area contributed by atoms with Crippen LogP contribution >= 0.6 is 0 Å². The monoisotopic (exact) mass is 240 g/mol. The number of benzene rings is 1. The van der Waals surface area contributed by atoms with Crippen LogP contribution in [0.3, 0.4) is 0 Å². The summed E-state index contributed by atoms with van der Waals surface area (Å²) in [6.45, 7) is 3.78. The molecule has 0 unspecified atom stereocenters. The summed E-state index contributed by atoms with van der Waals surface area (Å²) in [7, 11) is 0. The lowest BCUT2D eigenvalue weighted by atomic mass is 9.86. The van der Waals surface area contributed by atoms with E-state index in [1.54, 1.807) is 0 Å². The number of Topliss-reactive ketones (excluding diaryl/α,β-unsaturated/α-hetero) is 1. The van der Waals surface area contributed by atoms with Crippen LogP contribution in [0.15, 0.2) is 12.1 Å². The fourth-order valence-corrected chi connectivity index (χ4v) is 2.16. The normalized spacial score (nSPS) is 17.5. The number of carbonyl (C=O) groups excluding carboxylic acids is 1. The van der Waals surface area contributed by atoms with Crippen molar-refractivity contribution in [3.05, 3.63) is 29.3 Å². The molecule has 0 bridgehead atoms. The first-order valence-electron chi connectivity index (χ1n) is 5.72. The van der Waals surface area contributed by atoms with Gasteiger partial charge in [0, 0.05) is 6.07 Å². The first-order chi connectivity index (χ1) is 8.01. The van der Waals surface area contributed by atoms with Crippen LogP contribution in [-0.2, 0) is 0 Å². The number of hydrogen-bond acceptors (Lipinski definition) is 2. The molecular weight excluding hydrogens is 226 g/mol. The first-order valence-corrected chi connectivity index (χ1v) is 5.72. The van der Waals surface area contributed by atoms with E-state index >= 15 is 0 Å². The third-order valence-electron chi connectivity index (χ3n) is 3.40. The lowest BCUT2D eigenvalue weighted by molar-refractivity contribution is 0.0315. The van der Waals surface area contributed by atoms with Gasteiger partial charge in [-0.15, -0.1) is 0 Å². The van der Waals surface area contributed by atoms with Gasteiger partial charge in [-0.3, -0.25) is 4.79 Å². The molecule has 1 aliphatic heterocycles. The molecule has 0 atom stereocenters. The minimum absolute atomic E-state index is 0.0139. The topological polar surface area (TPSA) is 26.3 Å². The number of ether oxygens (including phenoxy) is 1. The maximum Gasteiger partial charge on any atom is 0.170 e. The van der Waals surface area contributed by atoms with Gasteiger partial charge in [0.2, 0.25) is 0 Å². The van der Waals surface area contributed by atoms with Crippen LogP contribution in [0.1, 0.15) is 43.5 Å². The van der Waals surface area contributed by atoms with E-state index < -0.39 is 17.2 Å². The van der Waals surface area contributed by atoms with Gasteiger partial charge in [0.25, 0.3) is 0 Å². The van der Waals surface area contributed by atoms with Crippen molar-refractivity contribution < 1.29 is 18.3 Å². The van der Waals surface area contributed by atoms with Gasteiger partial charge in [-0.2, -0.15) is 0 Å². The highest BCUT2D eigenvalue weighted by Crippen LogP contribution is 2.39. The summed E-state index contributed by atoms with van der Waals surface area (Å²) in [5.41, 5.74) is -0.636. The third kappa shape index (κ3) is 1.92. The molecule has 4 heteroatoms. The Hall–Kier alpha value is -1.45. The van der Waals surface area contributed by atoms with Crippen LogP contribution in [-0.4, -0.2) is 11.4 Å². The van der Waals surface area contributed by atoms with Crippen LogP contribution in [0.5, 0.6) is 5.75 Å². The lowest BCUT2D eigenvalue weighted by Gasteiger charge is -2.36. The van der Waals surface area contributed by atoms with Gasteiger partial charge >= 0.3 is 0 Å². The predicted molar refractivity (Wildman–Crippen MR) is 59.2 cm³/mol. The Bertz CT molecular complexity index is 465. The van der Waals surface area contributed by atoms with Crippen molar-refractivity contribution in [2.45, 2.75) is 38.7 Å². The first kappa shape index (κ1) is 12.0. The highest BCUT2D eigenvalue weighted by molar-refractivity contribution is 6.00. The van der Waals surface area contributed by atoms with Crippen LogP contribution < -0.4 is 4.74 Å². The number of hydrogen-bond donors (Lipinski definition) is 0. The minimum atomic E-state index is -0.806. The van der Waals surface area contributed by atoms with Crippen LogP contribution in [0.2, 0.25) is 0 Å². The maximum atomic E-state index is 13.6. The summed E-state index contributed by atoms with van der Waals surface area (Å²) in [6, 6.07) is 1.78. The van der Waals surface area contributed by atoms with Crippen LogP contribution in [0, 0.1) is 11.6 Å². The van der Waals surface area contributed by atoms with Gasteiger partial charge < -0.3 is 4.74 Å². The zero-order chi connectivity index (χ0) is 12.6. The molecule has 0 radical (unpaired) electrons. The Labute approximate surface area is 98.6 Å². The largest absolute Gasteiger partial charge is 0.483 e. The highest BCUT2D eigenvalue weighted by atomic mass is 19.1. The zero-order valence-electron chi connectivity index (χ0n) is 9.85. The molecule has 2 rings (SSSR count). The molecule has 0 spiro atoms. The summed E-state index contributed by atoms with van der Waals surface area (Å²) < 4.78 is 32.3. The summed E-state index contributed by atoms with van der Waals surface area (Å²) in [6.07, 6.45) is 1.41. The van der Waals surface area contributed by atoms with Crippen molar-refractivity contribution in [1.82, 2.24) is 0 Å². The maximum absolute atomic E-state index is 13.6. The van der Waals surface area contributed by atoms with Crippen molar-refractivity contribution in [2.24, 2.45) is 0 Å². The average Bonchev–Trinajstić information content (AvgIpc) is 2.30. The van der Waals surface area contributed by atoms with Crippen molar-refractivity contribution in [2.75, 3.05) is 0 Å². The number of carbonyl (C=O) groups is 1. The zero-order valence-corrected chi connectivity index (χ0v) is 9.85. The molecular formula is C13H14F2O2. The average molecular weight is 240 g/mol. The summed E-state index contributed by atoms with van der Waals surface area (Å²) in [5.74, 6) is -1.92. The van der Waals surface area contributed by atoms with Crippen LogP contribution in [0.4, 0.5) is 8.78 Å². The van der Waals surface area contributed by atoms with Crippen molar-refractivity contribution in [3.63, 3.8) is 0 Å². The number of halogens is 2. The van der Waals surface area contributed by atoms with E-state index in [1.165, 1.54) is 0 Å². The van der Waals surface area contributed by atoms with Crippen molar-refractivity contribution in [1.29, 1.82) is 0 Å². The van der Waals surface area contributed by atoms with Gasteiger partial charge in [0.05, 0.1) is 12.0 Å². The molecule has 0 aromatic heterocycles. The Morgan fingerprint density at radius 3 is 2.53 bits per heavy atom. The quantitative estimate of drug-likeness (QED) is 0.791. The van der Waals surface area contributed by atoms with Gasteiger partial charge in [0.1, 0.15) is 11.4 Å². The molecule has 0 saturated heterocycles. The van der Waals surface area contributed by atoms with E-state index in [2.05, 4.69) is 0 Å². The van der Waals surface area contributed by atoms with E-state index in [4.69, 9.17) is 4.74 Å². The van der Waals surface area contributed by atoms with Crippen molar-refractivity contribution in [3.8, 4) is 5.75 Å². The highest BCUT2D eigenvalue weighted by Gasteiger charge is 2.39. The molecule has 92 valence electrons. The molecule has 1 aromatic rings. The van der Waals surface area contributed by atoms with Gasteiger partial charge in [-0.05, 0) is 18.9 Å². The molecule has 2 nitrogen and oxygen atoms in total. The van der Waals surface area contributed by atoms with E-state index in [0.29, 0.717) is 12.8 Å². The molecule has 1 aliphatic rings. The number of rotatable bonds is 2. The SMILES string of the molecule is CCC1(CC)CC(=O)c2cc(F)cc(F)c2O1. The second-order valence-electron chi connectivity index (χ2n) is 4.36. The Morgan fingerprint density at radius 1 is 1.29 bits per heavy atom. The number of fused-ring (bicyclic) bond motifs is 1. The lowest BCUT2D eigenvalue weighted by Crippen LogP contribution is -2.41. The molecule has 0 aliphatic carbocycles. The Morgan fingerprint density at radius 2 is 1.94 bits per heavy atom. The van der Waals surface area contributed by atoms with E-state index in [-0.39, 0.29) is 23.5 Å². The van der Waals surface area contributed by atoms with E-state index in [0.717, 1.165) is 12.1 Å². The second kappa shape index (κ2) is 4.09. The number of ketones is 1. The summed E-state index contributed by atoms with van der Waals surface area (Å²) in [4.78, 5) is 11.9. The molecule has 1 aromatic carbocycles. The summed E-state index contributed by atoms with van der Waals surface area (Å²) in [5, 5.41) is 0. The van der Waals surface area contributed by atoms with Gasteiger partial charge in [0.15, 0.2) is 17.3 Å². The molecule has 1 heterocycles. The fraction of sp³-hybridized carbons (Fsp3) is 0.462. The van der Waals surface area contributed by atoms with Crippen molar-refractivity contribution >= 4 is 5.78 Å². The summed E-state index contributed by atoms with van der Waals surface area (Å²) >= 11 is 0. The minimum Gasteiger partial charge on any atom is -0.483 e. The molecule has 0 N–H and O–H groups in total. The van der Waals surface area contributed by atoms with Gasteiger partial charge in [-0.25, -0.2) is 8.78 Å². The fourth-order valence-electron chi connectivity index (χ4n) is 2.16. The standard InChI is InChI=1S/C13H14F2O2/c1-3-13(4-2)7-11(16)9-5-8(14)6-10(15)12(9)17-13/h5-6H,3-4,7H2,1-2H3. The predicted octanol–water partition coefficient (Wildman–Crippen LogP) is 3.49.